The number of hydrogen-bond acceptors (Lipinski definition) is 1. The molecule has 3 nitrogen and oxygen atoms in total. The lowest BCUT2D eigenvalue weighted by Gasteiger charge is -2.52. The maximum Gasteiger partial charge on any atom is 0.233 e. The Morgan fingerprint density at radius 3 is 1.20 bits per heavy atom. The van der Waals surface area contributed by atoms with Gasteiger partial charge in [0.15, 0.2) is 0 Å². The average Bonchev–Trinajstić information content (AvgIpc) is 2.66. The van der Waals surface area contributed by atoms with Gasteiger partial charge in [0.1, 0.15) is 6.49 Å². The molecule has 0 aromatic heterocycles. The van der Waals surface area contributed by atoms with Crippen LogP contribution >= 0.6 is 6.49 Å². The molecule has 30 heavy (non-hydrogen) atoms. The molecule has 0 radical (unpaired) electrons. The highest BCUT2D eigenvalue weighted by atomic mass is 32.4. The summed E-state index contributed by atoms with van der Waals surface area (Å²) in [6.07, 6.45) is 14.1. The molecule has 0 bridgehead atoms. The van der Waals surface area contributed by atoms with E-state index in [2.05, 4.69) is 69.7 Å². The van der Waals surface area contributed by atoms with Crippen molar-refractivity contribution in [2.75, 3.05) is 0 Å². The number of nitrogens with one attached hydrogen (secondary N) is 1. The van der Waals surface area contributed by atoms with Crippen molar-refractivity contribution < 1.29 is 0 Å². The van der Waals surface area contributed by atoms with Crippen LogP contribution in [0.4, 0.5) is 0 Å². The Balaban J connectivity index is 2.48. The van der Waals surface area contributed by atoms with Crippen LogP contribution in [0.15, 0.2) is 0 Å². The fourth-order valence-electron chi connectivity index (χ4n) is 6.47. The Kier molecular flexibility index (Phi) is 10.9. The van der Waals surface area contributed by atoms with Gasteiger partial charge in [0, 0.05) is 24.2 Å². The molecule has 2 saturated carbocycles. The number of rotatable bonds is 10. The predicted molar refractivity (Wildman–Crippen MR) is 141 cm³/mol. The van der Waals surface area contributed by atoms with Gasteiger partial charge in [0.05, 0.1) is 0 Å². The van der Waals surface area contributed by atoms with E-state index in [1.807, 2.05) is 0 Å². The second-order valence-electron chi connectivity index (χ2n) is 11.1. The first-order valence-electron chi connectivity index (χ1n) is 13.0. The molecule has 2 aliphatic carbocycles. The topological polar surface area (TPSA) is 18.5 Å². The van der Waals surface area contributed by atoms with Gasteiger partial charge in [0.2, 0.25) is 6.85 Å². The van der Waals surface area contributed by atoms with Crippen molar-refractivity contribution in [2.45, 2.75) is 155 Å². The van der Waals surface area contributed by atoms with Crippen molar-refractivity contribution in [1.82, 2.24) is 14.3 Å². The lowest BCUT2D eigenvalue weighted by molar-refractivity contribution is 0.252. The van der Waals surface area contributed by atoms with Gasteiger partial charge in [-0.1, -0.05) is 64.2 Å². The van der Waals surface area contributed by atoms with Crippen molar-refractivity contribution in [3.63, 3.8) is 0 Å². The minimum Gasteiger partial charge on any atom is -0.304 e. The third-order valence-electron chi connectivity index (χ3n) is 7.38. The van der Waals surface area contributed by atoms with Gasteiger partial charge in [-0.2, -0.15) is 0 Å². The first-order chi connectivity index (χ1) is 14.1. The lowest BCUT2D eigenvalue weighted by atomic mass is 9.39. The summed E-state index contributed by atoms with van der Waals surface area (Å²) in [5, 5.41) is 0. The summed E-state index contributed by atoms with van der Waals surface area (Å²) >= 11 is 6.82. The van der Waals surface area contributed by atoms with Crippen LogP contribution < -0.4 is 5.00 Å². The predicted octanol–water partition coefficient (Wildman–Crippen LogP) is 7.70. The highest BCUT2D eigenvalue weighted by Gasteiger charge is 2.44. The standard InChI is InChI=1S/C24H51BN3PS/c1-19(2)27(20(3)4)29(30,28(21(5)6)22(7)8)26-25(23-15-11-9-12-16-23)24-17-13-10-14-18-24/h19-24H,9-18H2,1-8H3,(H,26,30). The Labute approximate surface area is 194 Å². The van der Waals surface area contributed by atoms with E-state index in [9.17, 15) is 0 Å². The fourth-order valence-corrected chi connectivity index (χ4v) is 12.9. The van der Waals surface area contributed by atoms with Crippen LogP contribution in [0, 0.1) is 0 Å². The van der Waals surface area contributed by atoms with Gasteiger partial charge in [0.25, 0.3) is 0 Å². The van der Waals surface area contributed by atoms with E-state index in [0.717, 1.165) is 11.6 Å². The maximum atomic E-state index is 6.82. The molecular weight excluding hydrogens is 404 g/mol. The van der Waals surface area contributed by atoms with Gasteiger partial charge >= 0.3 is 0 Å². The van der Waals surface area contributed by atoms with Crippen molar-refractivity contribution in [3.8, 4) is 0 Å². The van der Waals surface area contributed by atoms with E-state index < -0.39 is 6.49 Å². The third-order valence-corrected chi connectivity index (χ3v) is 12.6. The second kappa shape index (κ2) is 12.2. The molecular formula is C24H51BN3PS. The summed E-state index contributed by atoms with van der Waals surface area (Å²) < 4.78 is 5.36. The van der Waals surface area contributed by atoms with Gasteiger partial charge in [-0.15, -0.1) is 0 Å². The molecule has 0 saturated heterocycles. The monoisotopic (exact) mass is 455 g/mol. The van der Waals surface area contributed by atoms with E-state index >= 15 is 0 Å². The first kappa shape index (κ1) is 26.8. The zero-order valence-corrected chi connectivity index (χ0v) is 23.1. The Morgan fingerprint density at radius 2 is 0.933 bits per heavy atom. The van der Waals surface area contributed by atoms with Gasteiger partial charge in [-0.05, 0) is 78.8 Å². The Morgan fingerprint density at radius 1 is 0.633 bits per heavy atom. The molecule has 2 rings (SSSR count). The van der Waals surface area contributed by atoms with Gasteiger partial charge in [-0.25, -0.2) is 9.34 Å². The van der Waals surface area contributed by atoms with Crippen molar-refractivity contribution in [3.05, 3.63) is 0 Å². The summed E-state index contributed by atoms with van der Waals surface area (Å²) in [4.78, 5) is 4.37. The van der Waals surface area contributed by atoms with E-state index in [-0.39, 0.29) is 0 Å². The third kappa shape index (κ3) is 6.56. The largest absolute Gasteiger partial charge is 0.304 e. The molecule has 2 aliphatic rings. The zero-order chi connectivity index (χ0) is 22.5. The average molecular weight is 456 g/mol. The molecule has 0 aromatic rings. The van der Waals surface area contributed by atoms with Crippen molar-refractivity contribution in [1.29, 1.82) is 0 Å². The Hall–Kier alpha value is 0.595. The van der Waals surface area contributed by atoms with Crippen LogP contribution in [0.5, 0.6) is 0 Å². The van der Waals surface area contributed by atoms with Crippen LogP contribution in [-0.4, -0.2) is 40.4 Å². The molecule has 6 heteroatoms. The van der Waals surface area contributed by atoms with Crippen LogP contribution in [0.1, 0.15) is 120 Å². The molecule has 0 atom stereocenters. The minimum atomic E-state index is -2.10. The van der Waals surface area contributed by atoms with E-state index in [4.69, 9.17) is 11.8 Å². The van der Waals surface area contributed by atoms with Crippen LogP contribution in [-0.2, 0) is 11.8 Å². The van der Waals surface area contributed by atoms with Crippen molar-refractivity contribution >= 4 is 25.1 Å². The summed E-state index contributed by atoms with van der Waals surface area (Å²) in [6.45, 7) is 17.3. The Bertz CT molecular complexity index is 485. The highest BCUT2D eigenvalue weighted by Crippen LogP contribution is 2.57. The van der Waals surface area contributed by atoms with Gasteiger partial charge in [-0.3, -0.25) is 0 Å². The molecule has 1 N–H and O–H groups in total. The van der Waals surface area contributed by atoms with Crippen LogP contribution in [0.2, 0.25) is 11.6 Å². The quantitative estimate of drug-likeness (QED) is 0.269. The van der Waals surface area contributed by atoms with Crippen molar-refractivity contribution in [2.24, 2.45) is 0 Å². The molecule has 0 heterocycles. The summed E-state index contributed by atoms with van der Waals surface area (Å²) in [7, 11) is 0. The summed E-state index contributed by atoms with van der Waals surface area (Å²) in [5.41, 5.74) is 0. The molecule has 0 spiro atoms. The molecule has 2 fully saturated rings. The summed E-state index contributed by atoms with van der Waals surface area (Å²) in [5.74, 6) is 1.62. The minimum absolute atomic E-state index is 0.446. The zero-order valence-electron chi connectivity index (χ0n) is 21.4. The molecule has 176 valence electrons. The molecule has 0 amide bonds. The van der Waals surface area contributed by atoms with E-state index in [1.165, 1.54) is 64.2 Å². The lowest BCUT2D eigenvalue weighted by Crippen LogP contribution is -2.54. The number of hydrogen-bond donors (Lipinski definition) is 1. The van der Waals surface area contributed by atoms with Gasteiger partial charge < -0.3 is 5.00 Å². The summed E-state index contributed by atoms with van der Waals surface area (Å²) in [6, 6.07) is 1.78. The van der Waals surface area contributed by atoms with Crippen LogP contribution in [0.25, 0.3) is 0 Å². The second-order valence-corrected chi connectivity index (χ2v) is 14.9. The number of nitrogens with zero attached hydrogens (tertiary/aromatic N) is 2. The fraction of sp³-hybridized carbons (Fsp3) is 1.00. The maximum absolute atomic E-state index is 6.82. The normalized spacial score (nSPS) is 20.5. The highest BCUT2D eigenvalue weighted by molar-refractivity contribution is 8.11. The SMILES string of the molecule is CC(C)N(C(C)C)P(=S)(NB(C1CCCCC1)C1CCCCC1)N(C(C)C)C(C)C. The molecule has 0 unspecified atom stereocenters. The molecule has 0 aliphatic heterocycles. The van der Waals surface area contributed by atoms with E-state index in [1.54, 1.807) is 0 Å². The molecule has 0 aromatic carbocycles. The van der Waals surface area contributed by atoms with E-state index in [0.29, 0.717) is 31.0 Å². The smallest absolute Gasteiger partial charge is 0.233 e. The van der Waals surface area contributed by atoms with Crippen LogP contribution in [0.3, 0.4) is 0 Å². The first-order valence-corrected chi connectivity index (χ1v) is 15.8.